The van der Waals surface area contributed by atoms with Crippen LogP contribution in [0.2, 0.25) is 0 Å². The topological polar surface area (TPSA) is 49.8 Å². The Kier molecular flexibility index (Phi) is 6.70. The smallest absolute Gasteiger partial charge is 0.131 e. The molecule has 1 unspecified atom stereocenters. The SMILES string of the molecule is COCCN(CCO)CC(C)(C=O)c1ccccc1. The van der Waals surface area contributed by atoms with Crippen molar-refractivity contribution >= 4 is 6.29 Å². The lowest BCUT2D eigenvalue weighted by molar-refractivity contribution is -0.112. The van der Waals surface area contributed by atoms with Crippen molar-refractivity contribution in [2.45, 2.75) is 12.3 Å². The fourth-order valence-electron chi connectivity index (χ4n) is 2.11. The van der Waals surface area contributed by atoms with Crippen LogP contribution in [-0.4, -0.2) is 56.3 Å². The van der Waals surface area contributed by atoms with E-state index in [0.717, 1.165) is 11.8 Å². The zero-order valence-electron chi connectivity index (χ0n) is 11.7. The van der Waals surface area contributed by atoms with E-state index in [-0.39, 0.29) is 6.61 Å². The number of nitrogens with zero attached hydrogens (tertiary/aromatic N) is 1. The maximum Gasteiger partial charge on any atom is 0.131 e. The fraction of sp³-hybridized carbons (Fsp3) is 0.533. The van der Waals surface area contributed by atoms with E-state index < -0.39 is 5.41 Å². The van der Waals surface area contributed by atoms with Gasteiger partial charge in [-0.25, -0.2) is 0 Å². The highest BCUT2D eigenvalue weighted by Crippen LogP contribution is 2.22. The van der Waals surface area contributed by atoms with Crippen molar-refractivity contribution < 1.29 is 14.6 Å². The molecular formula is C15H23NO3. The lowest BCUT2D eigenvalue weighted by Gasteiger charge is -2.31. The molecule has 0 aliphatic rings. The number of benzene rings is 1. The third kappa shape index (κ3) is 4.74. The zero-order valence-corrected chi connectivity index (χ0v) is 11.7. The molecule has 0 aliphatic carbocycles. The van der Waals surface area contributed by atoms with E-state index in [0.29, 0.717) is 26.2 Å². The molecule has 0 aliphatic heterocycles. The Balaban J connectivity index is 2.80. The molecule has 0 fully saturated rings. The van der Waals surface area contributed by atoms with Crippen LogP contribution in [0.1, 0.15) is 12.5 Å². The van der Waals surface area contributed by atoms with E-state index in [1.807, 2.05) is 42.2 Å². The number of carbonyl (C=O) groups excluding carboxylic acids is 1. The summed E-state index contributed by atoms with van der Waals surface area (Å²) < 4.78 is 5.06. The number of carbonyl (C=O) groups is 1. The number of methoxy groups -OCH3 is 1. The average molecular weight is 265 g/mol. The van der Waals surface area contributed by atoms with Gasteiger partial charge in [-0.2, -0.15) is 0 Å². The molecular weight excluding hydrogens is 242 g/mol. The maximum atomic E-state index is 11.5. The molecule has 1 rings (SSSR count). The summed E-state index contributed by atoms with van der Waals surface area (Å²) in [5.41, 5.74) is 0.426. The molecule has 1 aromatic carbocycles. The number of hydrogen-bond donors (Lipinski definition) is 1. The first kappa shape index (κ1) is 15.8. The molecule has 1 aromatic rings. The van der Waals surface area contributed by atoms with Gasteiger partial charge in [0.1, 0.15) is 6.29 Å². The van der Waals surface area contributed by atoms with Crippen molar-refractivity contribution in [2.24, 2.45) is 0 Å². The lowest BCUT2D eigenvalue weighted by atomic mass is 9.83. The van der Waals surface area contributed by atoms with E-state index in [4.69, 9.17) is 9.84 Å². The largest absolute Gasteiger partial charge is 0.395 e. The number of ether oxygens (including phenoxy) is 1. The first-order valence-electron chi connectivity index (χ1n) is 6.50. The molecule has 106 valence electrons. The normalized spacial score (nSPS) is 14.3. The van der Waals surface area contributed by atoms with E-state index in [2.05, 4.69) is 0 Å². The van der Waals surface area contributed by atoms with E-state index in [9.17, 15) is 4.79 Å². The third-order valence-electron chi connectivity index (χ3n) is 3.27. The Bertz CT molecular complexity index is 369. The highest BCUT2D eigenvalue weighted by atomic mass is 16.5. The molecule has 0 spiro atoms. The third-order valence-corrected chi connectivity index (χ3v) is 3.27. The standard InChI is InChI=1S/C15H23NO3/c1-15(13-18,14-6-4-3-5-7-14)12-16(8-10-17)9-11-19-2/h3-7,13,17H,8-12H2,1-2H3. The molecule has 0 radical (unpaired) electrons. The van der Waals surface area contributed by atoms with Gasteiger partial charge in [0.15, 0.2) is 0 Å². The molecule has 0 saturated carbocycles. The first-order chi connectivity index (χ1) is 9.16. The van der Waals surface area contributed by atoms with Crippen LogP contribution in [-0.2, 0) is 14.9 Å². The molecule has 0 saturated heterocycles. The summed E-state index contributed by atoms with van der Waals surface area (Å²) in [6.07, 6.45) is 0.986. The fourth-order valence-corrected chi connectivity index (χ4v) is 2.11. The Morgan fingerprint density at radius 1 is 1.32 bits per heavy atom. The van der Waals surface area contributed by atoms with E-state index in [1.54, 1.807) is 7.11 Å². The Hall–Kier alpha value is -1.23. The number of aldehydes is 1. The van der Waals surface area contributed by atoms with Crippen LogP contribution in [0.25, 0.3) is 0 Å². The van der Waals surface area contributed by atoms with Gasteiger partial charge in [-0.3, -0.25) is 4.90 Å². The molecule has 0 aromatic heterocycles. The van der Waals surface area contributed by atoms with E-state index in [1.165, 1.54) is 0 Å². The minimum Gasteiger partial charge on any atom is -0.395 e. The molecule has 0 amide bonds. The maximum absolute atomic E-state index is 11.5. The highest BCUT2D eigenvalue weighted by Gasteiger charge is 2.28. The van der Waals surface area contributed by atoms with Gasteiger partial charge in [0.25, 0.3) is 0 Å². The summed E-state index contributed by atoms with van der Waals surface area (Å²) in [5, 5.41) is 9.11. The van der Waals surface area contributed by atoms with Gasteiger partial charge < -0.3 is 14.6 Å². The van der Waals surface area contributed by atoms with Crippen LogP contribution in [0.15, 0.2) is 30.3 Å². The summed E-state index contributed by atoms with van der Waals surface area (Å²) in [4.78, 5) is 13.6. The van der Waals surface area contributed by atoms with Crippen molar-refractivity contribution in [3.05, 3.63) is 35.9 Å². The van der Waals surface area contributed by atoms with Crippen LogP contribution in [0.4, 0.5) is 0 Å². The quantitative estimate of drug-likeness (QED) is 0.679. The molecule has 1 N–H and O–H groups in total. The van der Waals surface area contributed by atoms with Gasteiger partial charge in [0.05, 0.1) is 18.6 Å². The van der Waals surface area contributed by atoms with Gasteiger partial charge in [0, 0.05) is 26.7 Å². The molecule has 19 heavy (non-hydrogen) atoms. The van der Waals surface area contributed by atoms with Crippen LogP contribution in [0.3, 0.4) is 0 Å². The average Bonchev–Trinajstić information content (AvgIpc) is 2.46. The van der Waals surface area contributed by atoms with Gasteiger partial charge in [-0.15, -0.1) is 0 Å². The zero-order chi connectivity index (χ0) is 14.1. The molecule has 4 nitrogen and oxygen atoms in total. The van der Waals surface area contributed by atoms with Crippen molar-refractivity contribution in [3.63, 3.8) is 0 Å². The number of aliphatic hydroxyl groups is 1. The minimum absolute atomic E-state index is 0.0768. The van der Waals surface area contributed by atoms with Crippen LogP contribution in [0, 0.1) is 0 Å². The van der Waals surface area contributed by atoms with Crippen molar-refractivity contribution in [1.82, 2.24) is 4.90 Å². The molecule has 1 atom stereocenters. The number of hydrogen-bond acceptors (Lipinski definition) is 4. The second kappa shape index (κ2) is 8.04. The second-order valence-electron chi connectivity index (χ2n) is 4.89. The van der Waals surface area contributed by atoms with Crippen molar-refractivity contribution in [3.8, 4) is 0 Å². The monoisotopic (exact) mass is 265 g/mol. The molecule has 4 heteroatoms. The summed E-state index contributed by atoms with van der Waals surface area (Å²) >= 11 is 0. The minimum atomic E-state index is -0.565. The summed E-state index contributed by atoms with van der Waals surface area (Å²) in [5.74, 6) is 0. The molecule has 0 bridgehead atoms. The van der Waals surface area contributed by atoms with Crippen LogP contribution in [0.5, 0.6) is 0 Å². The number of rotatable bonds is 9. The highest BCUT2D eigenvalue weighted by molar-refractivity contribution is 5.68. The van der Waals surface area contributed by atoms with Crippen LogP contribution < -0.4 is 0 Å². The first-order valence-corrected chi connectivity index (χ1v) is 6.50. The van der Waals surface area contributed by atoms with Gasteiger partial charge >= 0.3 is 0 Å². The number of aliphatic hydroxyl groups excluding tert-OH is 1. The Morgan fingerprint density at radius 2 is 2.00 bits per heavy atom. The van der Waals surface area contributed by atoms with E-state index >= 15 is 0 Å². The van der Waals surface area contributed by atoms with Gasteiger partial charge in [0.2, 0.25) is 0 Å². The Morgan fingerprint density at radius 3 is 2.53 bits per heavy atom. The van der Waals surface area contributed by atoms with Crippen molar-refractivity contribution in [1.29, 1.82) is 0 Å². The summed E-state index contributed by atoms with van der Waals surface area (Å²) in [6.45, 7) is 4.40. The second-order valence-corrected chi connectivity index (χ2v) is 4.89. The Labute approximate surface area is 115 Å². The summed E-state index contributed by atoms with van der Waals surface area (Å²) in [6, 6.07) is 9.72. The predicted octanol–water partition coefficient (Wildman–Crippen LogP) is 1.08. The van der Waals surface area contributed by atoms with Gasteiger partial charge in [-0.05, 0) is 12.5 Å². The lowest BCUT2D eigenvalue weighted by Crippen LogP contribution is -2.42. The predicted molar refractivity (Wildman–Crippen MR) is 75.3 cm³/mol. The summed E-state index contributed by atoms with van der Waals surface area (Å²) in [7, 11) is 1.65. The van der Waals surface area contributed by atoms with Crippen molar-refractivity contribution in [2.75, 3.05) is 40.0 Å². The molecule has 0 heterocycles. The van der Waals surface area contributed by atoms with Crippen LogP contribution >= 0.6 is 0 Å². The van der Waals surface area contributed by atoms with Gasteiger partial charge in [-0.1, -0.05) is 30.3 Å².